The number of nitrogens with zero attached hydrogens (tertiary/aromatic N) is 4. The predicted molar refractivity (Wildman–Crippen MR) is 119 cm³/mol. The normalized spacial score (nSPS) is 12.3. The molecule has 0 aliphatic rings. The summed E-state index contributed by atoms with van der Waals surface area (Å²) < 4.78 is 3.20. The van der Waals surface area contributed by atoms with Gasteiger partial charge in [-0.05, 0) is 57.6 Å². The van der Waals surface area contributed by atoms with Gasteiger partial charge in [0.2, 0.25) is 0 Å². The number of rotatable bonds is 8. The van der Waals surface area contributed by atoms with Crippen LogP contribution in [0.4, 0.5) is 0 Å². The topological polar surface area (TPSA) is 71.6 Å². The first-order valence-corrected chi connectivity index (χ1v) is 9.96. The maximum Gasteiger partial charge on any atom is 0.268 e. The van der Waals surface area contributed by atoms with Crippen molar-refractivity contribution in [3.8, 4) is 0 Å². The molecule has 3 aromatic heterocycles. The van der Waals surface area contributed by atoms with Gasteiger partial charge in [0.05, 0.1) is 5.39 Å². The molecule has 0 aromatic carbocycles. The Hall–Kier alpha value is -2.38. The second-order valence-corrected chi connectivity index (χ2v) is 7.22. The van der Waals surface area contributed by atoms with Gasteiger partial charge in [-0.25, -0.2) is 4.98 Å². The Balaban J connectivity index is 0.00000300. The van der Waals surface area contributed by atoms with Gasteiger partial charge in [0.15, 0.2) is 0 Å². The summed E-state index contributed by atoms with van der Waals surface area (Å²) in [5.41, 5.74) is 1.38. The van der Waals surface area contributed by atoms with Crippen molar-refractivity contribution >= 4 is 35.0 Å². The lowest BCUT2D eigenvalue weighted by Crippen LogP contribution is -2.34. The maximum atomic E-state index is 12.8. The zero-order chi connectivity index (χ0) is 20.3. The molecule has 1 atom stereocenters. The van der Waals surface area contributed by atoms with Crippen LogP contribution in [0, 0.1) is 0 Å². The van der Waals surface area contributed by atoms with Gasteiger partial charge in [-0.3, -0.25) is 14.0 Å². The van der Waals surface area contributed by atoms with Crippen LogP contribution >= 0.6 is 12.4 Å². The number of fused-ring (bicyclic) bond motifs is 2. The van der Waals surface area contributed by atoms with E-state index < -0.39 is 0 Å². The maximum absolute atomic E-state index is 12.8. The highest BCUT2D eigenvalue weighted by atomic mass is 35.5. The second kappa shape index (κ2) is 9.89. The first kappa shape index (κ1) is 22.9. The highest BCUT2D eigenvalue weighted by Gasteiger charge is 2.18. The average molecular weight is 420 g/mol. The van der Waals surface area contributed by atoms with E-state index in [0.717, 1.165) is 32.5 Å². The van der Waals surface area contributed by atoms with E-state index >= 15 is 0 Å². The van der Waals surface area contributed by atoms with Crippen molar-refractivity contribution in [3.05, 3.63) is 46.5 Å². The SMILES string of the molecule is CCN(CC)CCCC(C)NC(=O)c1cc2c(=O)n3ccccc3nc2n1C.Cl. The Morgan fingerprint density at radius 1 is 1.28 bits per heavy atom. The number of nitrogens with one attached hydrogen (secondary N) is 1. The van der Waals surface area contributed by atoms with Crippen molar-refractivity contribution in [3.63, 3.8) is 0 Å². The molecule has 0 spiro atoms. The van der Waals surface area contributed by atoms with Gasteiger partial charge >= 0.3 is 0 Å². The number of aryl methyl sites for hydroxylation is 1. The van der Waals surface area contributed by atoms with Crippen LogP contribution in [0.2, 0.25) is 0 Å². The molecule has 8 heteroatoms. The molecule has 1 unspecified atom stereocenters. The quantitative estimate of drug-likeness (QED) is 0.609. The van der Waals surface area contributed by atoms with Crippen LogP contribution in [0.15, 0.2) is 35.3 Å². The lowest BCUT2D eigenvalue weighted by Gasteiger charge is -2.19. The molecule has 0 radical (unpaired) electrons. The smallest absolute Gasteiger partial charge is 0.268 e. The van der Waals surface area contributed by atoms with Crippen molar-refractivity contribution < 1.29 is 4.79 Å². The molecule has 158 valence electrons. The van der Waals surface area contributed by atoms with Gasteiger partial charge in [0, 0.05) is 19.3 Å². The zero-order valence-electron chi connectivity index (χ0n) is 17.5. The monoisotopic (exact) mass is 419 g/mol. The largest absolute Gasteiger partial charge is 0.348 e. The highest BCUT2D eigenvalue weighted by molar-refractivity contribution is 5.98. The molecule has 3 rings (SSSR count). The van der Waals surface area contributed by atoms with Gasteiger partial charge < -0.3 is 14.8 Å². The second-order valence-electron chi connectivity index (χ2n) is 7.22. The summed E-state index contributed by atoms with van der Waals surface area (Å²) in [5.74, 6) is -0.177. The molecule has 0 bridgehead atoms. The number of carbonyl (C=O) groups is 1. The van der Waals surface area contributed by atoms with E-state index in [9.17, 15) is 9.59 Å². The van der Waals surface area contributed by atoms with Crippen molar-refractivity contribution in [2.45, 2.75) is 39.7 Å². The van der Waals surface area contributed by atoms with Crippen LogP contribution in [0.5, 0.6) is 0 Å². The minimum Gasteiger partial charge on any atom is -0.348 e. The third-order valence-electron chi connectivity index (χ3n) is 5.33. The van der Waals surface area contributed by atoms with E-state index in [-0.39, 0.29) is 29.9 Å². The molecule has 0 saturated heterocycles. The van der Waals surface area contributed by atoms with Crippen molar-refractivity contribution in [2.75, 3.05) is 19.6 Å². The van der Waals surface area contributed by atoms with Crippen molar-refractivity contribution in [2.24, 2.45) is 7.05 Å². The first-order chi connectivity index (χ1) is 13.5. The molecule has 0 fully saturated rings. The third kappa shape index (κ3) is 4.79. The molecule has 0 aliphatic carbocycles. The van der Waals surface area contributed by atoms with Crippen LogP contribution in [-0.2, 0) is 7.05 Å². The Bertz CT molecular complexity index is 1040. The predicted octanol–water partition coefficient (Wildman–Crippen LogP) is 2.85. The van der Waals surface area contributed by atoms with E-state index in [0.29, 0.717) is 22.4 Å². The number of hydrogen-bond donors (Lipinski definition) is 1. The van der Waals surface area contributed by atoms with Crippen molar-refractivity contribution in [1.29, 1.82) is 0 Å². The fourth-order valence-corrected chi connectivity index (χ4v) is 3.57. The van der Waals surface area contributed by atoms with E-state index in [1.54, 1.807) is 36.0 Å². The summed E-state index contributed by atoms with van der Waals surface area (Å²) in [6.07, 6.45) is 3.64. The molecule has 3 heterocycles. The fraction of sp³-hybridized carbons (Fsp3) is 0.476. The number of hydrogen-bond acceptors (Lipinski definition) is 4. The standard InChI is InChI=1S/C21H29N5O2.ClH/c1-5-25(6-2)12-9-10-15(3)22-20(27)17-14-16-19(24(17)4)23-18-11-7-8-13-26(18)21(16)28;/h7-8,11,13-15H,5-6,9-10,12H2,1-4H3,(H,22,27);1H. The minimum atomic E-state index is -0.177. The summed E-state index contributed by atoms with van der Waals surface area (Å²) in [7, 11) is 1.77. The molecule has 1 N–H and O–H groups in total. The van der Waals surface area contributed by atoms with Gasteiger partial charge in [0.1, 0.15) is 17.0 Å². The Morgan fingerprint density at radius 3 is 2.69 bits per heavy atom. The molecular weight excluding hydrogens is 390 g/mol. The van der Waals surface area contributed by atoms with E-state index in [1.807, 2.05) is 13.0 Å². The first-order valence-electron chi connectivity index (χ1n) is 9.96. The number of halogens is 1. The molecule has 3 aromatic rings. The van der Waals surface area contributed by atoms with Crippen molar-refractivity contribution in [1.82, 2.24) is 24.2 Å². The fourth-order valence-electron chi connectivity index (χ4n) is 3.57. The zero-order valence-corrected chi connectivity index (χ0v) is 18.3. The Kier molecular flexibility index (Phi) is 7.81. The molecular formula is C21H30ClN5O2. The van der Waals surface area contributed by atoms with Gasteiger partial charge in [0.25, 0.3) is 11.5 Å². The molecule has 29 heavy (non-hydrogen) atoms. The van der Waals surface area contributed by atoms with Crippen LogP contribution in [0.25, 0.3) is 16.7 Å². The summed E-state index contributed by atoms with van der Waals surface area (Å²) in [4.78, 5) is 32.4. The lowest BCUT2D eigenvalue weighted by atomic mass is 10.1. The van der Waals surface area contributed by atoms with Crippen LogP contribution < -0.4 is 10.9 Å². The number of amides is 1. The minimum absolute atomic E-state index is 0. The number of pyridine rings is 1. The molecule has 1 amide bonds. The number of aromatic nitrogens is 3. The molecule has 0 saturated carbocycles. The van der Waals surface area contributed by atoms with Gasteiger partial charge in [-0.2, -0.15) is 0 Å². The van der Waals surface area contributed by atoms with Crippen LogP contribution in [0.1, 0.15) is 44.1 Å². The van der Waals surface area contributed by atoms with E-state index in [4.69, 9.17) is 0 Å². The summed E-state index contributed by atoms with van der Waals surface area (Å²) in [6.45, 7) is 9.47. The van der Waals surface area contributed by atoms with Gasteiger partial charge in [-0.15, -0.1) is 12.4 Å². The highest BCUT2D eigenvalue weighted by Crippen LogP contribution is 2.15. The summed E-state index contributed by atoms with van der Waals surface area (Å²) in [5, 5.41) is 3.50. The molecule has 7 nitrogen and oxygen atoms in total. The van der Waals surface area contributed by atoms with Gasteiger partial charge in [-0.1, -0.05) is 19.9 Å². The van der Waals surface area contributed by atoms with Crippen LogP contribution in [-0.4, -0.2) is 50.4 Å². The van der Waals surface area contributed by atoms with E-state index in [2.05, 4.69) is 29.0 Å². The Labute approximate surface area is 177 Å². The van der Waals surface area contributed by atoms with E-state index in [1.165, 1.54) is 4.40 Å². The molecule has 0 aliphatic heterocycles. The number of carbonyl (C=O) groups excluding carboxylic acids is 1. The lowest BCUT2D eigenvalue weighted by molar-refractivity contribution is 0.0929. The Morgan fingerprint density at radius 2 is 2.00 bits per heavy atom. The third-order valence-corrected chi connectivity index (χ3v) is 5.33. The van der Waals surface area contributed by atoms with Crippen LogP contribution in [0.3, 0.4) is 0 Å². The summed E-state index contributed by atoms with van der Waals surface area (Å²) in [6, 6.07) is 7.12. The average Bonchev–Trinajstić information content (AvgIpc) is 3.02. The summed E-state index contributed by atoms with van der Waals surface area (Å²) >= 11 is 0.